The third-order valence-electron chi connectivity index (χ3n) is 5.78. The lowest BCUT2D eigenvalue weighted by Gasteiger charge is -2.23. The van der Waals surface area contributed by atoms with Crippen LogP contribution >= 0.6 is 11.6 Å². The number of aliphatic carboxylic acids is 1. The maximum absolute atomic E-state index is 12.3. The van der Waals surface area contributed by atoms with E-state index in [1.807, 2.05) is 61.7 Å². The summed E-state index contributed by atoms with van der Waals surface area (Å²) in [5.74, 6) is -0.990. The van der Waals surface area contributed by atoms with E-state index in [2.05, 4.69) is 24.0 Å². The van der Waals surface area contributed by atoms with Gasteiger partial charge in [-0.05, 0) is 70.6 Å². The highest BCUT2D eigenvalue weighted by molar-refractivity contribution is 6.30. The second-order valence-corrected chi connectivity index (χ2v) is 8.55. The van der Waals surface area contributed by atoms with E-state index in [9.17, 15) is 9.90 Å². The smallest absolute Gasteiger partial charge is 0.337 e. The molecule has 4 nitrogen and oxygen atoms in total. The molecule has 1 unspecified atom stereocenters. The van der Waals surface area contributed by atoms with E-state index in [0.717, 1.165) is 51.4 Å². The van der Waals surface area contributed by atoms with Crippen LogP contribution in [0.4, 0.5) is 0 Å². The van der Waals surface area contributed by atoms with Crippen molar-refractivity contribution in [2.75, 3.05) is 6.61 Å². The molecule has 0 saturated carbocycles. The minimum absolute atomic E-state index is 0.394. The highest BCUT2D eigenvalue weighted by Gasteiger charge is 2.27. The van der Waals surface area contributed by atoms with Crippen LogP contribution in [0.5, 0.6) is 0 Å². The number of carboxylic acid groups (broad SMARTS) is 1. The molecule has 1 aromatic heterocycles. The number of hydrogen-bond donors (Lipinski definition) is 1. The number of halogens is 1. The standard InChI is InChI=1S/C28H26ClNO3/c1-3-4-14-33-27(28(31)32)25-18(2)15-22-16-20(21-6-5-13-30-17-21)9-12-24(22)26(25)19-7-10-23(29)11-8-19/h5-13,15-17,27H,3-4,14H2,1-2H3,(H,31,32). The number of hydrogen-bond acceptors (Lipinski definition) is 3. The number of aryl methyl sites for hydroxylation is 1. The minimum Gasteiger partial charge on any atom is -0.479 e. The third kappa shape index (κ3) is 4.92. The van der Waals surface area contributed by atoms with Gasteiger partial charge >= 0.3 is 5.97 Å². The molecule has 0 bridgehead atoms. The van der Waals surface area contributed by atoms with E-state index in [0.29, 0.717) is 17.2 Å². The van der Waals surface area contributed by atoms with Gasteiger partial charge in [-0.2, -0.15) is 0 Å². The Balaban J connectivity index is 1.96. The number of carbonyl (C=O) groups is 1. The molecular weight excluding hydrogens is 434 g/mol. The van der Waals surface area contributed by atoms with Crippen LogP contribution in [0.2, 0.25) is 5.02 Å². The molecule has 5 heteroatoms. The fraction of sp³-hybridized carbons (Fsp3) is 0.214. The van der Waals surface area contributed by atoms with Gasteiger partial charge in [0, 0.05) is 35.2 Å². The topological polar surface area (TPSA) is 59.4 Å². The number of ether oxygens (including phenoxy) is 1. The lowest BCUT2D eigenvalue weighted by molar-refractivity contribution is -0.151. The van der Waals surface area contributed by atoms with Gasteiger partial charge in [0.05, 0.1) is 0 Å². The monoisotopic (exact) mass is 459 g/mol. The average Bonchev–Trinajstić information content (AvgIpc) is 2.82. The molecule has 33 heavy (non-hydrogen) atoms. The number of rotatable bonds is 8. The van der Waals surface area contributed by atoms with Gasteiger partial charge in [0.25, 0.3) is 0 Å². The van der Waals surface area contributed by atoms with Gasteiger partial charge in [0.1, 0.15) is 0 Å². The summed E-state index contributed by atoms with van der Waals surface area (Å²) in [6.07, 6.45) is 4.28. The van der Waals surface area contributed by atoms with Crippen molar-refractivity contribution >= 4 is 28.3 Å². The summed E-state index contributed by atoms with van der Waals surface area (Å²) in [5.41, 5.74) is 5.41. The van der Waals surface area contributed by atoms with Gasteiger partial charge in [-0.3, -0.25) is 4.98 Å². The van der Waals surface area contributed by atoms with Gasteiger partial charge in [0.2, 0.25) is 0 Å². The molecule has 3 aromatic carbocycles. The number of carboxylic acids is 1. The van der Waals surface area contributed by atoms with Crippen LogP contribution < -0.4 is 0 Å². The first kappa shape index (κ1) is 23.0. The molecule has 0 amide bonds. The molecule has 1 heterocycles. The van der Waals surface area contributed by atoms with E-state index in [-0.39, 0.29) is 0 Å². The van der Waals surface area contributed by atoms with Crippen molar-refractivity contribution in [2.24, 2.45) is 0 Å². The van der Waals surface area contributed by atoms with Crippen LogP contribution in [0.3, 0.4) is 0 Å². The Kier molecular flexibility index (Phi) is 7.07. The van der Waals surface area contributed by atoms with Crippen molar-refractivity contribution in [2.45, 2.75) is 32.8 Å². The van der Waals surface area contributed by atoms with Gasteiger partial charge in [0.15, 0.2) is 6.10 Å². The quantitative estimate of drug-likeness (QED) is 0.277. The summed E-state index contributed by atoms with van der Waals surface area (Å²) in [4.78, 5) is 16.5. The van der Waals surface area contributed by atoms with Crippen molar-refractivity contribution in [3.05, 3.63) is 89.2 Å². The van der Waals surface area contributed by atoms with Crippen molar-refractivity contribution in [3.63, 3.8) is 0 Å². The molecule has 1 N–H and O–H groups in total. The first-order chi connectivity index (χ1) is 16.0. The fourth-order valence-electron chi connectivity index (χ4n) is 4.17. The number of unbranched alkanes of at least 4 members (excludes halogenated alkanes) is 1. The zero-order valence-electron chi connectivity index (χ0n) is 18.7. The molecule has 0 radical (unpaired) electrons. The molecular formula is C28H26ClNO3. The molecule has 0 fully saturated rings. The third-order valence-corrected chi connectivity index (χ3v) is 6.04. The zero-order chi connectivity index (χ0) is 23.4. The van der Waals surface area contributed by atoms with Crippen LogP contribution in [0, 0.1) is 6.92 Å². The predicted molar refractivity (Wildman–Crippen MR) is 134 cm³/mol. The number of benzene rings is 3. The van der Waals surface area contributed by atoms with Crippen LogP contribution in [-0.4, -0.2) is 22.7 Å². The second kappa shape index (κ2) is 10.2. The van der Waals surface area contributed by atoms with Crippen molar-refractivity contribution in [3.8, 4) is 22.3 Å². The summed E-state index contributed by atoms with van der Waals surface area (Å²) >= 11 is 6.15. The number of pyridine rings is 1. The molecule has 168 valence electrons. The van der Waals surface area contributed by atoms with Crippen LogP contribution in [0.25, 0.3) is 33.0 Å². The highest BCUT2D eigenvalue weighted by atomic mass is 35.5. The highest BCUT2D eigenvalue weighted by Crippen LogP contribution is 2.40. The van der Waals surface area contributed by atoms with Crippen molar-refractivity contribution < 1.29 is 14.6 Å². The zero-order valence-corrected chi connectivity index (χ0v) is 19.5. The largest absolute Gasteiger partial charge is 0.479 e. The Labute approximate surface area is 198 Å². The predicted octanol–water partition coefficient (Wildman–Crippen LogP) is 7.47. The molecule has 4 aromatic rings. The van der Waals surface area contributed by atoms with Crippen molar-refractivity contribution in [1.29, 1.82) is 0 Å². The first-order valence-electron chi connectivity index (χ1n) is 11.1. The maximum atomic E-state index is 12.3. The van der Waals surface area contributed by atoms with E-state index >= 15 is 0 Å². The van der Waals surface area contributed by atoms with E-state index in [1.165, 1.54) is 0 Å². The Morgan fingerprint density at radius 1 is 1.06 bits per heavy atom. The average molecular weight is 460 g/mol. The van der Waals surface area contributed by atoms with Gasteiger partial charge in [-0.15, -0.1) is 0 Å². The summed E-state index contributed by atoms with van der Waals surface area (Å²) in [5, 5.41) is 12.7. The Morgan fingerprint density at radius 2 is 1.82 bits per heavy atom. The number of aromatic nitrogens is 1. The summed E-state index contributed by atoms with van der Waals surface area (Å²) in [7, 11) is 0. The number of fused-ring (bicyclic) bond motifs is 1. The van der Waals surface area contributed by atoms with Crippen LogP contribution in [0.1, 0.15) is 37.0 Å². The normalized spacial score (nSPS) is 12.1. The summed E-state index contributed by atoms with van der Waals surface area (Å²) in [6, 6.07) is 19.7. The van der Waals surface area contributed by atoms with Gasteiger partial charge in [-0.1, -0.05) is 61.3 Å². The van der Waals surface area contributed by atoms with E-state index < -0.39 is 12.1 Å². The summed E-state index contributed by atoms with van der Waals surface area (Å²) < 4.78 is 5.90. The SMILES string of the molecule is CCCCOC(C(=O)O)c1c(C)cc2cc(-c3cccnc3)ccc2c1-c1ccc(Cl)cc1. The minimum atomic E-state index is -1.05. The van der Waals surface area contributed by atoms with Crippen LogP contribution in [-0.2, 0) is 9.53 Å². The molecule has 0 aliphatic rings. The molecule has 0 saturated heterocycles. The Morgan fingerprint density at radius 3 is 2.48 bits per heavy atom. The van der Waals surface area contributed by atoms with Gasteiger partial charge in [-0.25, -0.2) is 4.79 Å². The van der Waals surface area contributed by atoms with E-state index in [1.54, 1.807) is 6.20 Å². The second-order valence-electron chi connectivity index (χ2n) is 8.11. The Hall–Kier alpha value is -3.21. The number of nitrogens with zero attached hydrogens (tertiary/aromatic N) is 1. The molecule has 0 spiro atoms. The molecule has 0 aliphatic carbocycles. The van der Waals surface area contributed by atoms with Crippen molar-refractivity contribution in [1.82, 2.24) is 4.98 Å². The molecule has 0 aliphatic heterocycles. The molecule has 4 rings (SSSR count). The maximum Gasteiger partial charge on any atom is 0.337 e. The lowest BCUT2D eigenvalue weighted by Crippen LogP contribution is -2.18. The van der Waals surface area contributed by atoms with E-state index in [4.69, 9.17) is 16.3 Å². The lowest BCUT2D eigenvalue weighted by atomic mass is 9.86. The Bertz CT molecular complexity index is 1270. The summed E-state index contributed by atoms with van der Waals surface area (Å²) in [6.45, 7) is 4.40. The van der Waals surface area contributed by atoms with Crippen LogP contribution in [0.15, 0.2) is 73.1 Å². The molecule has 1 atom stereocenters. The fourth-order valence-corrected chi connectivity index (χ4v) is 4.29. The van der Waals surface area contributed by atoms with Gasteiger partial charge < -0.3 is 9.84 Å². The first-order valence-corrected chi connectivity index (χ1v) is 11.5.